The fraction of sp³-hybridized carbons (Fsp3) is 0.476. The van der Waals surface area contributed by atoms with Crippen molar-refractivity contribution in [1.29, 1.82) is 0 Å². The molecule has 1 unspecified atom stereocenters. The third kappa shape index (κ3) is 5.85. The third-order valence-electron chi connectivity index (χ3n) is 5.10. The largest absolute Gasteiger partial charge is 0.346 e. The standard InChI is InChI=1S/C21H27ClN4OS/c1-15(22)14-28-21-25-24-20(26(21)2)18(12-16-8-4-3-5-9-16)23-19(27)13-17-10-6-7-11-17/h3-5,8-9,17-18H,1,6-7,10-14H2,2H3,(H,23,27). The minimum absolute atomic E-state index is 0.0965. The molecule has 1 fully saturated rings. The first kappa shape index (κ1) is 20.9. The fourth-order valence-corrected chi connectivity index (χ4v) is 4.52. The number of rotatable bonds is 9. The van der Waals surface area contributed by atoms with Gasteiger partial charge in [0, 0.05) is 24.3 Å². The van der Waals surface area contributed by atoms with Gasteiger partial charge in [-0.3, -0.25) is 4.79 Å². The lowest BCUT2D eigenvalue weighted by atomic mass is 10.0. The molecular formula is C21H27ClN4OS. The predicted molar refractivity (Wildman–Crippen MR) is 114 cm³/mol. The van der Waals surface area contributed by atoms with E-state index in [1.807, 2.05) is 29.8 Å². The van der Waals surface area contributed by atoms with Gasteiger partial charge in [-0.1, -0.05) is 73.1 Å². The van der Waals surface area contributed by atoms with Gasteiger partial charge in [0.25, 0.3) is 0 Å². The van der Waals surface area contributed by atoms with Crippen LogP contribution in [0.1, 0.15) is 49.5 Å². The van der Waals surface area contributed by atoms with Gasteiger partial charge in [-0.2, -0.15) is 0 Å². The highest BCUT2D eigenvalue weighted by Crippen LogP contribution is 2.28. The molecule has 0 spiro atoms. The minimum atomic E-state index is -0.220. The van der Waals surface area contributed by atoms with Crippen LogP contribution in [0.3, 0.4) is 0 Å². The summed E-state index contributed by atoms with van der Waals surface area (Å²) in [6.07, 6.45) is 6.06. The van der Waals surface area contributed by atoms with Crippen molar-refractivity contribution in [2.24, 2.45) is 13.0 Å². The van der Waals surface area contributed by atoms with Gasteiger partial charge in [-0.05, 0) is 30.7 Å². The topological polar surface area (TPSA) is 59.8 Å². The Kier molecular flexibility index (Phi) is 7.57. The number of nitrogens with one attached hydrogen (secondary N) is 1. The van der Waals surface area contributed by atoms with E-state index in [0.29, 0.717) is 29.5 Å². The molecule has 28 heavy (non-hydrogen) atoms. The van der Waals surface area contributed by atoms with Crippen LogP contribution >= 0.6 is 23.4 Å². The molecule has 5 nitrogen and oxygen atoms in total. The van der Waals surface area contributed by atoms with Crippen LogP contribution in [0.2, 0.25) is 0 Å². The van der Waals surface area contributed by atoms with Gasteiger partial charge in [0.15, 0.2) is 11.0 Å². The van der Waals surface area contributed by atoms with Gasteiger partial charge >= 0.3 is 0 Å². The van der Waals surface area contributed by atoms with E-state index in [-0.39, 0.29) is 11.9 Å². The first-order valence-corrected chi connectivity index (χ1v) is 11.1. The van der Waals surface area contributed by atoms with E-state index in [1.165, 1.54) is 24.6 Å². The number of hydrogen-bond donors (Lipinski definition) is 1. The Morgan fingerprint density at radius 1 is 1.32 bits per heavy atom. The zero-order valence-electron chi connectivity index (χ0n) is 16.2. The second-order valence-corrected chi connectivity index (χ2v) is 8.85. The van der Waals surface area contributed by atoms with Crippen molar-refractivity contribution in [3.8, 4) is 0 Å². The van der Waals surface area contributed by atoms with Crippen LogP contribution in [0.4, 0.5) is 0 Å². The molecule has 1 aromatic carbocycles. The van der Waals surface area contributed by atoms with Crippen molar-refractivity contribution in [2.75, 3.05) is 5.75 Å². The van der Waals surface area contributed by atoms with Crippen molar-refractivity contribution >= 4 is 29.3 Å². The molecule has 150 valence electrons. The molecule has 2 aromatic rings. The second-order valence-electron chi connectivity index (χ2n) is 7.37. The molecule has 1 atom stereocenters. The molecule has 1 N–H and O–H groups in total. The summed E-state index contributed by atoms with van der Waals surface area (Å²) in [4.78, 5) is 12.7. The number of thioether (sulfide) groups is 1. The average molecular weight is 419 g/mol. The quantitative estimate of drug-likeness (QED) is 0.602. The number of benzene rings is 1. The molecule has 1 heterocycles. The number of nitrogens with zero attached hydrogens (tertiary/aromatic N) is 3. The van der Waals surface area contributed by atoms with Crippen LogP contribution in [0.5, 0.6) is 0 Å². The summed E-state index contributed by atoms with van der Waals surface area (Å²) in [6.45, 7) is 3.72. The Morgan fingerprint density at radius 2 is 2.04 bits per heavy atom. The summed E-state index contributed by atoms with van der Waals surface area (Å²) < 4.78 is 1.94. The van der Waals surface area contributed by atoms with Crippen molar-refractivity contribution < 1.29 is 4.79 Å². The maximum atomic E-state index is 12.7. The van der Waals surface area contributed by atoms with Crippen LogP contribution in [-0.4, -0.2) is 26.4 Å². The van der Waals surface area contributed by atoms with E-state index in [0.717, 1.165) is 29.4 Å². The molecule has 0 bridgehead atoms. The molecule has 0 saturated heterocycles. The van der Waals surface area contributed by atoms with E-state index in [4.69, 9.17) is 11.6 Å². The molecule has 1 saturated carbocycles. The van der Waals surface area contributed by atoms with Crippen LogP contribution in [-0.2, 0) is 18.3 Å². The normalized spacial score (nSPS) is 15.5. The molecule has 1 aromatic heterocycles. The van der Waals surface area contributed by atoms with Gasteiger partial charge in [0.2, 0.25) is 5.91 Å². The lowest BCUT2D eigenvalue weighted by molar-refractivity contribution is -0.122. The van der Waals surface area contributed by atoms with E-state index >= 15 is 0 Å². The van der Waals surface area contributed by atoms with Gasteiger partial charge < -0.3 is 9.88 Å². The van der Waals surface area contributed by atoms with Crippen molar-refractivity contribution in [1.82, 2.24) is 20.1 Å². The zero-order chi connectivity index (χ0) is 19.9. The van der Waals surface area contributed by atoms with Gasteiger partial charge in [0.1, 0.15) is 0 Å². The van der Waals surface area contributed by atoms with Crippen molar-refractivity contribution in [3.05, 3.63) is 53.3 Å². The summed E-state index contributed by atoms with van der Waals surface area (Å²) in [7, 11) is 1.93. The maximum absolute atomic E-state index is 12.7. The number of hydrogen-bond acceptors (Lipinski definition) is 4. The number of amides is 1. The Hall–Kier alpha value is -1.79. The summed E-state index contributed by atoms with van der Waals surface area (Å²) >= 11 is 7.37. The van der Waals surface area contributed by atoms with Gasteiger partial charge in [0.05, 0.1) is 6.04 Å². The fourth-order valence-electron chi connectivity index (χ4n) is 3.68. The Morgan fingerprint density at radius 3 is 2.71 bits per heavy atom. The monoisotopic (exact) mass is 418 g/mol. The first-order chi connectivity index (χ1) is 13.5. The van der Waals surface area contributed by atoms with E-state index in [9.17, 15) is 4.79 Å². The SMILES string of the molecule is C=C(Cl)CSc1nnc(C(Cc2ccccc2)NC(=O)CC2CCCC2)n1C. The molecule has 0 aliphatic heterocycles. The molecular weight excluding hydrogens is 392 g/mol. The minimum Gasteiger partial charge on any atom is -0.346 e. The van der Waals surface area contributed by atoms with Crippen LogP contribution < -0.4 is 5.32 Å². The highest BCUT2D eigenvalue weighted by molar-refractivity contribution is 7.99. The predicted octanol–water partition coefficient (Wildman–Crippen LogP) is 4.64. The molecule has 0 radical (unpaired) electrons. The number of carbonyl (C=O) groups is 1. The van der Waals surface area contributed by atoms with E-state index in [1.54, 1.807) is 0 Å². The average Bonchev–Trinajstić information content (AvgIpc) is 3.30. The Bertz CT molecular complexity index is 802. The summed E-state index contributed by atoms with van der Waals surface area (Å²) in [5, 5.41) is 13.2. The summed E-state index contributed by atoms with van der Waals surface area (Å²) in [6, 6.07) is 9.93. The zero-order valence-corrected chi connectivity index (χ0v) is 17.8. The third-order valence-corrected chi connectivity index (χ3v) is 6.50. The molecule has 3 rings (SSSR count). The summed E-state index contributed by atoms with van der Waals surface area (Å²) in [5.41, 5.74) is 1.15. The highest BCUT2D eigenvalue weighted by Gasteiger charge is 2.24. The maximum Gasteiger partial charge on any atom is 0.220 e. The lowest BCUT2D eigenvalue weighted by Crippen LogP contribution is -2.32. The highest BCUT2D eigenvalue weighted by atomic mass is 35.5. The van der Waals surface area contributed by atoms with Crippen LogP contribution in [0.25, 0.3) is 0 Å². The van der Waals surface area contributed by atoms with Crippen molar-refractivity contribution in [3.63, 3.8) is 0 Å². The van der Waals surface area contributed by atoms with E-state index in [2.05, 4.69) is 34.2 Å². The van der Waals surface area contributed by atoms with Gasteiger partial charge in [-0.25, -0.2) is 0 Å². The van der Waals surface area contributed by atoms with Crippen LogP contribution in [0.15, 0.2) is 47.1 Å². The van der Waals surface area contributed by atoms with Gasteiger partial charge in [-0.15, -0.1) is 10.2 Å². The Labute approximate surface area is 176 Å². The Balaban J connectivity index is 1.75. The summed E-state index contributed by atoms with van der Waals surface area (Å²) in [5.74, 6) is 1.94. The number of halogens is 1. The number of aromatic nitrogens is 3. The van der Waals surface area contributed by atoms with Crippen molar-refractivity contribution in [2.45, 2.75) is 49.7 Å². The molecule has 1 amide bonds. The molecule has 1 aliphatic carbocycles. The van der Waals surface area contributed by atoms with E-state index < -0.39 is 0 Å². The first-order valence-electron chi connectivity index (χ1n) is 9.71. The smallest absolute Gasteiger partial charge is 0.220 e. The molecule has 1 aliphatic rings. The lowest BCUT2D eigenvalue weighted by Gasteiger charge is -2.19. The molecule has 7 heteroatoms. The van der Waals surface area contributed by atoms with Crippen LogP contribution in [0, 0.1) is 5.92 Å². The number of carbonyl (C=O) groups excluding carboxylic acids is 1. The second kappa shape index (κ2) is 10.1.